The van der Waals surface area contributed by atoms with Gasteiger partial charge in [-0.2, -0.15) is 9.40 Å². The molecule has 0 bridgehead atoms. The molecule has 0 unspecified atom stereocenters. The van der Waals surface area contributed by atoms with Gasteiger partial charge in [-0.15, -0.1) is 0 Å². The molecule has 0 radical (unpaired) electrons. The van der Waals surface area contributed by atoms with Gasteiger partial charge >= 0.3 is 0 Å². The maximum Gasteiger partial charge on any atom is 0.246 e. The quantitative estimate of drug-likeness (QED) is 0.819. The molecule has 25 heavy (non-hydrogen) atoms. The normalized spacial score (nSPS) is 17.1. The Morgan fingerprint density at radius 2 is 1.84 bits per heavy atom. The minimum absolute atomic E-state index is 0.234. The van der Waals surface area contributed by atoms with E-state index in [1.54, 1.807) is 4.68 Å². The number of aromatic nitrogens is 2. The average Bonchev–Trinajstić information content (AvgIpc) is 2.87. The summed E-state index contributed by atoms with van der Waals surface area (Å²) in [4.78, 5) is 1.52. The van der Waals surface area contributed by atoms with Crippen molar-refractivity contribution in [3.05, 3.63) is 47.3 Å². The molecule has 0 N–H and O–H groups in total. The van der Waals surface area contributed by atoms with Crippen LogP contribution in [0.3, 0.4) is 0 Å². The number of aryl methyl sites for hydroxylation is 2. The highest BCUT2D eigenvalue weighted by Gasteiger charge is 2.31. The Hall–Kier alpha value is -1.84. The third-order valence-corrected chi connectivity index (χ3v) is 6.27. The van der Waals surface area contributed by atoms with Gasteiger partial charge in [0.15, 0.2) is 0 Å². The van der Waals surface area contributed by atoms with Gasteiger partial charge in [0.05, 0.1) is 5.69 Å². The topological polar surface area (TPSA) is 58.4 Å². The van der Waals surface area contributed by atoms with Gasteiger partial charge in [-0.25, -0.2) is 17.2 Å². The van der Waals surface area contributed by atoms with Crippen LogP contribution in [-0.2, 0) is 23.6 Å². The lowest BCUT2D eigenvalue weighted by Gasteiger charge is -2.33. The first-order valence-corrected chi connectivity index (χ1v) is 9.38. The van der Waals surface area contributed by atoms with Crippen LogP contribution in [0.4, 0.5) is 8.78 Å². The highest BCUT2D eigenvalue weighted by Crippen LogP contribution is 2.22. The van der Waals surface area contributed by atoms with Crippen LogP contribution >= 0.6 is 0 Å². The number of halogens is 2. The van der Waals surface area contributed by atoms with Crippen molar-refractivity contribution in [2.75, 3.05) is 26.2 Å². The number of sulfonamides is 1. The molecule has 0 aliphatic carbocycles. The predicted molar refractivity (Wildman–Crippen MR) is 88.3 cm³/mol. The first-order valence-electron chi connectivity index (χ1n) is 7.94. The number of hydrogen-bond acceptors (Lipinski definition) is 4. The fourth-order valence-corrected chi connectivity index (χ4v) is 4.48. The van der Waals surface area contributed by atoms with Crippen LogP contribution in [-0.4, -0.2) is 53.6 Å². The van der Waals surface area contributed by atoms with Crippen LogP contribution in [0.1, 0.15) is 11.3 Å². The minimum atomic E-state index is -4.04. The number of benzene rings is 1. The van der Waals surface area contributed by atoms with Crippen LogP contribution in [0.2, 0.25) is 0 Å². The standard InChI is InChI=1S/C16H20F2N4O2S/c1-12-13(10-20(2)19-12)11-21-5-7-22(8-6-21)25(23,24)16-9-14(17)3-4-15(16)18/h3-4,9-10H,5-8,11H2,1-2H3. The second kappa shape index (κ2) is 6.81. The lowest BCUT2D eigenvalue weighted by Crippen LogP contribution is -2.48. The molecule has 0 spiro atoms. The van der Waals surface area contributed by atoms with E-state index in [9.17, 15) is 17.2 Å². The van der Waals surface area contributed by atoms with E-state index in [2.05, 4.69) is 10.00 Å². The summed E-state index contributed by atoms with van der Waals surface area (Å²) < 4.78 is 55.3. The second-order valence-electron chi connectivity index (χ2n) is 6.17. The Bertz CT molecular complexity index is 874. The Kier molecular flexibility index (Phi) is 4.90. The van der Waals surface area contributed by atoms with Crippen molar-refractivity contribution >= 4 is 10.0 Å². The first-order chi connectivity index (χ1) is 11.8. The molecule has 6 nitrogen and oxygen atoms in total. The molecule has 1 saturated heterocycles. The van der Waals surface area contributed by atoms with Crippen LogP contribution in [0, 0.1) is 18.6 Å². The molecule has 0 saturated carbocycles. The zero-order valence-electron chi connectivity index (χ0n) is 14.1. The third kappa shape index (κ3) is 3.73. The van der Waals surface area contributed by atoms with Crippen molar-refractivity contribution in [1.29, 1.82) is 0 Å². The molecule has 2 heterocycles. The highest BCUT2D eigenvalue weighted by atomic mass is 32.2. The molecule has 1 aromatic heterocycles. The molecule has 0 atom stereocenters. The van der Waals surface area contributed by atoms with Crippen molar-refractivity contribution in [2.24, 2.45) is 7.05 Å². The van der Waals surface area contributed by atoms with E-state index in [-0.39, 0.29) is 13.1 Å². The van der Waals surface area contributed by atoms with Gasteiger partial charge in [0.25, 0.3) is 0 Å². The van der Waals surface area contributed by atoms with E-state index in [4.69, 9.17) is 0 Å². The predicted octanol–water partition coefficient (Wildman–Crippen LogP) is 1.51. The molecule has 9 heteroatoms. The minimum Gasteiger partial charge on any atom is -0.296 e. The molecular formula is C16H20F2N4O2S. The van der Waals surface area contributed by atoms with E-state index >= 15 is 0 Å². The number of hydrogen-bond donors (Lipinski definition) is 0. The Balaban J connectivity index is 1.69. The van der Waals surface area contributed by atoms with Crippen LogP contribution in [0.15, 0.2) is 29.3 Å². The van der Waals surface area contributed by atoms with Crippen molar-refractivity contribution < 1.29 is 17.2 Å². The Morgan fingerprint density at radius 1 is 1.16 bits per heavy atom. The zero-order valence-corrected chi connectivity index (χ0v) is 14.9. The van der Waals surface area contributed by atoms with Gasteiger partial charge in [-0.3, -0.25) is 9.58 Å². The average molecular weight is 370 g/mol. The summed E-state index contributed by atoms with van der Waals surface area (Å²) >= 11 is 0. The molecule has 1 aliphatic rings. The van der Waals surface area contributed by atoms with Crippen molar-refractivity contribution in [1.82, 2.24) is 19.0 Å². The van der Waals surface area contributed by atoms with Gasteiger partial charge in [0.1, 0.15) is 16.5 Å². The fraction of sp³-hybridized carbons (Fsp3) is 0.438. The molecule has 1 aromatic carbocycles. The summed E-state index contributed by atoms with van der Waals surface area (Å²) in [5, 5.41) is 4.29. The van der Waals surface area contributed by atoms with Gasteiger partial charge in [0, 0.05) is 51.5 Å². The molecule has 2 aromatic rings. The van der Waals surface area contributed by atoms with Crippen LogP contribution in [0.25, 0.3) is 0 Å². The van der Waals surface area contributed by atoms with Crippen molar-refractivity contribution in [3.63, 3.8) is 0 Å². The fourth-order valence-electron chi connectivity index (χ4n) is 2.99. The maximum atomic E-state index is 13.8. The molecule has 1 fully saturated rings. The monoisotopic (exact) mass is 370 g/mol. The summed E-state index contributed by atoms with van der Waals surface area (Å²) in [5.41, 5.74) is 2.04. The summed E-state index contributed by atoms with van der Waals surface area (Å²) in [5.74, 6) is -1.71. The summed E-state index contributed by atoms with van der Waals surface area (Å²) in [6, 6.07) is 2.47. The van der Waals surface area contributed by atoms with E-state index in [1.165, 1.54) is 4.31 Å². The van der Waals surface area contributed by atoms with E-state index < -0.39 is 26.6 Å². The van der Waals surface area contributed by atoms with Gasteiger partial charge < -0.3 is 0 Å². The second-order valence-corrected chi connectivity index (χ2v) is 8.07. The van der Waals surface area contributed by atoms with E-state index in [0.717, 1.165) is 29.5 Å². The SMILES string of the molecule is Cc1nn(C)cc1CN1CCN(S(=O)(=O)c2cc(F)ccc2F)CC1. The van der Waals surface area contributed by atoms with E-state index in [0.29, 0.717) is 19.6 Å². The molecule has 3 rings (SSSR count). The summed E-state index contributed by atoms with van der Waals surface area (Å²) in [6.45, 7) is 4.12. The summed E-state index contributed by atoms with van der Waals surface area (Å²) in [7, 11) is -2.18. The third-order valence-electron chi connectivity index (χ3n) is 4.35. The largest absolute Gasteiger partial charge is 0.296 e. The molecule has 136 valence electrons. The molecule has 0 amide bonds. The van der Waals surface area contributed by atoms with Gasteiger partial charge in [0.2, 0.25) is 10.0 Å². The summed E-state index contributed by atoms with van der Waals surface area (Å²) in [6.07, 6.45) is 1.95. The van der Waals surface area contributed by atoms with Crippen LogP contribution in [0.5, 0.6) is 0 Å². The Morgan fingerprint density at radius 3 is 2.44 bits per heavy atom. The van der Waals surface area contributed by atoms with E-state index in [1.807, 2.05) is 20.2 Å². The highest BCUT2D eigenvalue weighted by molar-refractivity contribution is 7.89. The number of piperazine rings is 1. The number of rotatable bonds is 4. The van der Waals surface area contributed by atoms with Gasteiger partial charge in [-0.05, 0) is 25.1 Å². The maximum absolute atomic E-state index is 13.8. The zero-order chi connectivity index (χ0) is 18.2. The number of nitrogens with zero attached hydrogens (tertiary/aromatic N) is 4. The van der Waals surface area contributed by atoms with Crippen molar-refractivity contribution in [2.45, 2.75) is 18.4 Å². The smallest absolute Gasteiger partial charge is 0.246 e. The first kappa shape index (κ1) is 18.0. The molecule has 1 aliphatic heterocycles. The van der Waals surface area contributed by atoms with Crippen molar-refractivity contribution in [3.8, 4) is 0 Å². The lowest BCUT2D eigenvalue weighted by molar-refractivity contribution is 0.181. The van der Waals surface area contributed by atoms with Crippen LogP contribution < -0.4 is 0 Å². The Labute approximate surface area is 145 Å². The lowest BCUT2D eigenvalue weighted by atomic mass is 10.2. The molecular weight excluding hydrogens is 350 g/mol. The van der Waals surface area contributed by atoms with Gasteiger partial charge in [-0.1, -0.05) is 0 Å².